The van der Waals surface area contributed by atoms with Crippen molar-refractivity contribution < 1.29 is 14.7 Å². The minimum absolute atomic E-state index is 0.0115. The lowest BCUT2D eigenvalue weighted by molar-refractivity contribution is -0.141. The molecule has 1 amide bonds. The summed E-state index contributed by atoms with van der Waals surface area (Å²) in [5.41, 5.74) is 5.73. The first kappa shape index (κ1) is 16.0. The Kier molecular flexibility index (Phi) is 5.35. The van der Waals surface area contributed by atoms with E-state index in [4.69, 9.17) is 10.8 Å². The van der Waals surface area contributed by atoms with Crippen LogP contribution >= 0.6 is 0 Å². The molecule has 0 spiro atoms. The molecule has 1 aliphatic carbocycles. The zero-order valence-electron chi connectivity index (χ0n) is 12.1. The summed E-state index contributed by atoms with van der Waals surface area (Å²) >= 11 is 0. The normalized spacial score (nSPS) is 25.1. The first-order valence-corrected chi connectivity index (χ1v) is 6.96. The Labute approximate surface area is 114 Å². The number of hydrogen-bond acceptors (Lipinski definition) is 3. The van der Waals surface area contributed by atoms with E-state index < -0.39 is 5.97 Å². The molecule has 0 bridgehead atoms. The van der Waals surface area contributed by atoms with Gasteiger partial charge in [0.05, 0.1) is 11.8 Å². The number of carbonyl (C=O) groups excluding carboxylic acids is 1. The summed E-state index contributed by atoms with van der Waals surface area (Å²) in [4.78, 5) is 23.0. The maximum Gasteiger partial charge on any atom is 0.306 e. The molecule has 0 aromatic carbocycles. The number of rotatable bonds is 5. The van der Waals surface area contributed by atoms with E-state index in [0.29, 0.717) is 19.4 Å². The number of amides is 1. The van der Waals surface area contributed by atoms with Crippen LogP contribution in [0.1, 0.15) is 46.5 Å². The van der Waals surface area contributed by atoms with Gasteiger partial charge >= 0.3 is 5.97 Å². The molecular weight excluding hydrogens is 244 g/mol. The van der Waals surface area contributed by atoms with Gasteiger partial charge in [-0.05, 0) is 31.1 Å². The fourth-order valence-electron chi connectivity index (χ4n) is 2.68. The van der Waals surface area contributed by atoms with Crippen LogP contribution in [0.4, 0.5) is 0 Å². The van der Waals surface area contributed by atoms with Crippen LogP contribution in [0.15, 0.2) is 0 Å². The molecule has 110 valence electrons. The van der Waals surface area contributed by atoms with Gasteiger partial charge in [0.25, 0.3) is 0 Å². The van der Waals surface area contributed by atoms with E-state index >= 15 is 0 Å². The van der Waals surface area contributed by atoms with Crippen molar-refractivity contribution in [3.63, 3.8) is 0 Å². The highest BCUT2D eigenvalue weighted by Gasteiger charge is 2.32. The van der Waals surface area contributed by atoms with E-state index in [-0.39, 0.29) is 29.2 Å². The fourth-order valence-corrected chi connectivity index (χ4v) is 2.68. The molecule has 1 rings (SSSR count). The number of nitrogens with one attached hydrogen (secondary N) is 1. The molecule has 5 heteroatoms. The summed E-state index contributed by atoms with van der Waals surface area (Å²) in [5.74, 6) is -1.30. The smallest absolute Gasteiger partial charge is 0.306 e. The second-order valence-electron chi connectivity index (χ2n) is 6.75. The largest absolute Gasteiger partial charge is 0.481 e. The molecule has 0 aromatic heterocycles. The molecule has 3 atom stereocenters. The summed E-state index contributed by atoms with van der Waals surface area (Å²) < 4.78 is 0. The summed E-state index contributed by atoms with van der Waals surface area (Å²) in [6.07, 6.45) is 2.67. The Morgan fingerprint density at radius 1 is 1.37 bits per heavy atom. The van der Waals surface area contributed by atoms with Gasteiger partial charge in [-0.1, -0.05) is 20.8 Å². The number of carboxylic acids is 1. The van der Waals surface area contributed by atoms with Gasteiger partial charge in [-0.3, -0.25) is 9.59 Å². The predicted octanol–water partition coefficient (Wildman–Crippen LogP) is 1.37. The third-order valence-electron chi connectivity index (χ3n) is 3.64. The number of aliphatic carboxylic acids is 1. The molecule has 5 nitrogen and oxygen atoms in total. The van der Waals surface area contributed by atoms with Crippen molar-refractivity contribution in [1.82, 2.24) is 5.32 Å². The minimum atomic E-state index is -0.762. The molecule has 3 unspecified atom stereocenters. The van der Waals surface area contributed by atoms with E-state index in [9.17, 15) is 9.59 Å². The van der Waals surface area contributed by atoms with E-state index in [1.165, 1.54) is 0 Å². The van der Waals surface area contributed by atoms with Gasteiger partial charge in [-0.25, -0.2) is 0 Å². The van der Waals surface area contributed by atoms with Gasteiger partial charge in [0.1, 0.15) is 0 Å². The van der Waals surface area contributed by atoms with Crippen LogP contribution in [-0.2, 0) is 9.59 Å². The number of hydrogen-bond donors (Lipinski definition) is 3. The maximum atomic E-state index is 12.1. The van der Waals surface area contributed by atoms with Gasteiger partial charge < -0.3 is 16.2 Å². The summed E-state index contributed by atoms with van der Waals surface area (Å²) in [7, 11) is 0. The first-order chi connectivity index (χ1) is 8.73. The molecular formula is C14H26N2O3. The predicted molar refractivity (Wildman–Crippen MR) is 73.5 cm³/mol. The van der Waals surface area contributed by atoms with Crippen molar-refractivity contribution in [2.75, 3.05) is 6.54 Å². The van der Waals surface area contributed by atoms with Gasteiger partial charge in [0.2, 0.25) is 5.91 Å². The number of carboxylic acid groups (broad SMARTS) is 1. The summed E-state index contributed by atoms with van der Waals surface area (Å²) in [6, 6.07) is -0.0115. The Bertz CT molecular complexity index is 336. The molecule has 0 saturated heterocycles. The molecule has 1 aliphatic rings. The van der Waals surface area contributed by atoms with E-state index in [1.54, 1.807) is 0 Å². The van der Waals surface area contributed by atoms with Gasteiger partial charge in [-0.15, -0.1) is 0 Å². The van der Waals surface area contributed by atoms with Crippen LogP contribution in [0.3, 0.4) is 0 Å². The molecule has 4 N–H and O–H groups in total. The van der Waals surface area contributed by atoms with E-state index in [1.807, 2.05) is 0 Å². The van der Waals surface area contributed by atoms with Crippen molar-refractivity contribution in [2.24, 2.45) is 23.0 Å². The third kappa shape index (κ3) is 5.19. The SMILES string of the molecule is CC(C)(C)CC(CN)C(=O)NC1CCC(C(=O)O)C1. The molecule has 19 heavy (non-hydrogen) atoms. The maximum absolute atomic E-state index is 12.1. The molecule has 0 aromatic rings. The van der Waals surface area contributed by atoms with Crippen molar-refractivity contribution in [2.45, 2.75) is 52.5 Å². The van der Waals surface area contributed by atoms with E-state index in [0.717, 1.165) is 12.8 Å². The lowest BCUT2D eigenvalue weighted by atomic mass is 9.84. The van der Waals surface area contributed by atoms with Crippen LogP contribution in [0, 0.1) is 17.3 Å². The lowest BCUT2D eigenvalue weighted by Crippen LogP contribution is -2.41. The van der Waals surface area contributed by atoms with Gasteiger partial charge in [0, 0.05) is 12.6 Å². The van der Waals surface area contributed by atoms with Crippen molar-refractivity contribution in [3.8, 4) is 0 Å². The quantitative estimate of drug-likeness (QED) is 0.703. The first-order valence-electron chi connectivity index (χ1n) is 6.96. The monoisotopic (exact) mass is 270 g/mol. The molecule has 0 heterocycles. The highest BCUT2D eigenvalue weighted by molar-refractivity contribution is 5.79. The number of nitrogens with two attached hydrogens (primary N) is 1. The average Bonchev–Trinajstić information content (AvgIpc) is 2.73. The molecule has 1 fully saturated rings. The van der Waals surface area contributed by atoms with Crippen molar-refractivity contribution >= 4 is 11.9 Å². The third-order valence-corrected chi connectivity index (χ3v) is 3.64. The zero-order valence-corrected chi connectivity index (χ0v) is 12.1. The van der Waals surface area contributed by atoms with Crippen LogP contribution in [0.2, 0.25) is 0 Å². The minimum Gasteiger partial charge on any atom is -0.481 e. The Morgan fingerprint density at radius 2 is 2.00 bits per heavy atom. The second-order valence-corrected chi connectivity index (χ2v) is 6.75. The standard InChI is InChI=1S/C14H26N2O3/c1-14(2,3)7-10(8-15)12(17)16-11-5-4-9(6-11)13(18)19/h9-11H,4-8,15H2,1-3H3,(H,16,17)(H,18,19). The topological polar surface area (TPSA) is 92.4 Å². The summed E-state index contributed by atoms with van der Waals surface area (Å²) in [5, 5.41) is 11.9. The average molecular weight is 270 g/mol. The van der Waals surface area contributed by atoms with Crippen LogP contribution in [-0.4, -0.2) is 29.6 Å². The lowest BCUT2D eigenvalue weighted by Gasteiger charge is -2.25. The highest BCUT2D eigenvalue weighted by Crippen LogP contribution is 2.27. The van der Waals surface area contributed by atoms with Crippen molar-refractivity contribution in [3.05, 3.63) is 0 Å². The van der Waals surface area contributed by atoms with Gasteiger partial charge in [-0.2, -0.15) is 0 Å². The highest BCUT2D eigenvalue weighted by atomic mass is 16.4. The molecule has 0 aliphatic heterocycles. The Hall–Kier alpha value is -1.10. The fraction of sp³-hybridized carbons (Fsp3) is 0.857. The van der Waals surface area contributed by atoms with Crippen LogP contribution in [0.25, 0.3) is 0 Å². The molecule has 1 saturated carbocycles. The Morgan fingerprint density at radius 3 is 2.42 bits per heavy atom. The van der Waals surface area contributed by atoms with Crippen LogP contribution < -0.4 is 11.1 Å². The van der Waals surface area contributed by atoms with Crippen LogP contribution in [0.5, 0.6) is 0 Å². The van der Waals surface area contributed by atoms with E-state index in [2.05, 4.69) is 26.1 Å². The number of carbonyl (C=O) groups is 2. The van der Waals surface area contributed by atoms with Gasteiger partial charge in [0.15, 0.2) is 0 Å². The Balaban J connectivity index is 2.48. The molecule has 0 radical (unpaired) electrons. The summed E-state index contributed by atoms with van der Waals surface area (Å²) in [6.45, 7) is 6.58. The zero-order chi connectivity index (χ0) is 14.6. The van der Waals surface area contributed by atoms with Crippen molar-refractivity contribution in [1.29, 1.82) is 0 Å². The second kappa shape index (κ2) is 6.37.